The van der Waals surface area contributed by atoms with E-state index in [0.29, 0.717) is 0 Å². The lowest BCUT2D eigenvalue weighted by Gasteiger charge is -2.19. The van der Waals surface area contributed by atoms with Gasteiger partial charge in [0.1, 0.15) is 0 Å². The molecule has 1 aromatic rings. The van der Waals surface area contributed by atoms with E-state index in [1.807, 2.05) is 0 Å². The Hall–Kier alpha value is -1.39. The molecule has 1 N–H and O–H groups in total. The molecule has 0 aliphatic heterocycles. The van der Waals surface area contributed by atoms with Crippen molar-refractivity contribution in [1.29, 1.82) is 0 Å². The predicted octanol–water partition coefficient (Wildman–Crippen LogP) is 0.911. The standard InChI is InChI=1S/C5H4F5N3O2S/c6-4(7,8)5(9,10)16(14,15)12-13-3-1-2-11-13/h1-3,12H. The molecule has 0 bridgehead atoms. The van der Waals surface area contributed by atoms with Crippen LogP contribution >= 0.6 is 0 Å². The van der Waals surface area contributed by atoms with Gasteiger partial charge in [0.15, 0.2) is 0 Å². The predicted molar refractivity (Wildman–Crippen MR) is 41.5 cm³/mol. The highest BCUT2D eigenvalue weighted by atomic mass is 32.2. The molecule has 16 heavy (non-hydrogen) atoms. The highest BCUT2D eigenvalue weighted by Crippen LogP contribution is 2.39. The number of aromatic nitrogens is 2. The summed E-state index contributed by atoms with van der Waals surface area (Å²) in [6.45, 7) is 0. The van der Waals surface area contributed by atoms with Gasteiger partial charge in [-0.15, -0.1) is 0 Å². The molecule has 1 rings (SSSR count). The third kappa shape index (κ3) is 2.08. The Morgan fingerprint density at radius 2 is 1.75 bits per heavy atom. The van der Waals surface area contributed by atoms with Crippen LogP contribution in [0.5, 0.6) is 0 Å². The molecule has 92 valence electrons. The molecule has 0 fully saturated rings. The van der Waals surface area contributed by atoms with Gasteiger partial charge in [-0.05, 0) is 6.07 Å². The number of hydrogen-bond donors (Lipinski definition) is 1. The van der Waals surface area contributed by atoms with E-state index in [1.54, 1.807) is 0 Å². The molecular formula is C5H4F5N3O2S. The fraction of sp³-hybridized carbons (Fsp3) is 0.400. The number of rotatable bonds is 3. The number of hydrogen-bond acceptors (Lipinski definition) is 3. The molecule has 0 aliphatic carbocycles. The molecular weight excluding hydrogens is 261 g/mol. The third-order valence-corrected chi connectivity index (χ3v) is 2.72. The van der Waals surface area contributed by atoms with Gasteiger partial charge in [0.05, 0.1) is 6.20 Å². The van der Waals surface area contributed by atoms with Crippen molar-refractivity contribution in [2.75, 3.05) is 4.83 Å². The minimum absolute atomic E-state index is 0.217. The third-order valence-electron chi connectivity index (χ3n) is 1.39. The molecule has 0 saturated carbocycles. The first-order valence-electron chi connectivity index (χ1n) is 3.54. The van der Waals surface area contributed by atoms with Crippen molar-refractivity contribution in [3.05, 3.63) is 18.5 Å². The minimum atomic E-state index is -6.20. The van der Waals surface area contributed by atoms with Crippen LogP contribution in [0.3, 0.4) is 0 Å². The number of nitrogens with zero attached hydrogens (tertiary/aromatic N) is 2. The Kier molecular flexibility index (Phi) is 2.83. The van der Waals surface area contributed by atoms with E-state index in [0.717, 1.165) is 23.3 Å². The van der Waals surface area contributed by atoms with Gasteiger partial charge >= 0.3 is 21.5 Å². The van der Waals surface area contributed by atoms with Crippen molar-refractivity contribution in [3.63, 3.8) is 0 Å². The van der Waals surface area contributed by atoms with Crippen LogP contribution in [0.4, 0.5) is 22.0 Å². The lowest BCUT2D eigenvalue weighted by Crippen LogP contribution is -2.48. The van der Waals surface area contributed by atoms with Crippen LogP contribution in [0.25, 0.3) is 0 Å². The van der Waals surface area contributed by atoms with Crippen molar-refractivity contribution in [2.24, 2.45) is 0 Å². The first kappa shape index (κ1) is 12.7. The second-order valence-electron chi connectivity index (χ2n) is 2.56. The van der Waals surface area contributed by atoms with E-state index in [-0.39, 0.29) is 4.79 Å². The first-order chi connectivity index (χ1) is 7.08. The molecule has 0 amide bonds. The molecule has 11 heteroatoms. The van der Waals surface area contributed by atoms with E-state index < -0.39 is 21.5 Å². The maximum Gasteiger partial charge on any atom is 0.471 e. The summed E-state index contributed by atoms with van der Waals surface area (Å²) in [5, 5.41) is -2.77. The van der Waals surface area contributed by atoms with Crippen LogP contribution in [0.15, 0.2) is 18.5 Å². The Balaban J connectivity index is 3.03. The summed E-state index contributed by atoms with van der Waals surface area (Å²) < 4.78 is 81.7. The highest BCUT2D eigenvalue weighted by molar-refractivity contribution is 7.93. The summed E-state index contributed by atoms with van der Waals surface area (Å²) in [6.07, 6.45) is -4.36. The molecule has 0 aromatic carbocycles. The average molecular weight is 265 g/mol. The monoisotopic (exact) mass is 265 g/mol. The maximum atomic E-state index is 12.5. The molecule has 0 aliphatic rings. The summed E-state index contributed by atoms with van der Waals surface area (Å²) in [5.74, 6) is 0. The zero-order chi connectivity index (χ0) is 12.6. The molecule has 0 saturated heterocycles. The van der Waals surface area contributed by atoms with Crippen molar-refractivity contribution >= 4 is 10.0 Å². The quantitative estimate of drug-likeness (QED) is 0.826. The lowest BCUT2D eigenvalue weighted by atomic mass is 10.7. The zero-order valence-electron chi connectivity index (χ0n) is 7.24. The van der Waals surface area contributed by atoms with Gasteiger partial charge in [0, 0.05) is 6.20 Å². The van der Waals surface area contributed by atoms with Gasteiger partial charge in [0.2, 0.25) is 0 Å². The second-order valence-corrected chi connectivity index (χ2v) is 4.26. The largest absolute Gasteiger partial charge is 0.471 e. The van der Waals surface area contributed by atoms with Crippen molar-refractivity contribution in [3.8, 4) is 0 Å². The number of sulfonamides is 1. The second kappa shape index (κ2) is 3.57. The van der Waals surface area contributed by atoms with Crippen LogP contribution in [0.2, 0.25) is 0 Å². The number of alkyl halides is 5. The minimum Gasteiger partial charge on any atom is -0.199 e. The fourth-order valence-corrected chi connectivity index (χ4v) is 1.43. The summed E-state index contributed by atoms with van der Waals surface area (Å²) in [5.41, 5.74) is 0. The van der Waals surface area contributed by atoms with Crippen LogP contribution in [-0.2, 0) is 10.0 Å². The topological polar surface area (TPSA) is 64.0 Å². The smallest absolute Gasteiger partial charge is 0.199 e. The SMILES string of the molecule is O=S(=O)(Nn1cccn1)C(F)(F)C(F)(F)F. The number of nitrogens with one attached hydrogen (secondary N) is 1. The van der Waals surface area contributed by atoms with E-state index in [4.69, 9.17) is 0 Å². The van der Waals surface area contributed by atoms with Gasteiger partial charge in [-0.1, -0.05) is 0 Å². The van der Waals surface area contributed by atoms with Crippen LogP contribution in [0.1, 0.15) is 0 Å². The van der Waals surface area contributed by atoms with Crippen LogP contribution in [0, 0.1) is 0 Å². The van der Waals surface area contributed by atoms with Crippen LogP contribution < -0.4 is 4.83 Å². The molecule has 1 heterocycles. The van der Waals surface area contributed by atoms with E-state index >= 15 is 0 Å². The molecule has 5 nitrogen and oxygen atoms in total. The Morgan fingerprint density at radius 3 is 2.12 bits per heavy atom. The molecule has 1 aromatic heterocycles. The van der Waals surface area contributed by atoms with Crippen LogP contribution in [-0.4, -0.2) is 29.7 Å². The Morgan fingerprint density at radius 1 is 1.19 bits per heavy atom. The number of halogens is 5. The maximum absolute atomic E-state index is 12.5. The van der Waals surface area contributed by atoms with Gasteiger partial charge in [-0.2, -0.15) is 45.1 Å². The normalized spacial score (nSPS) is 13.8. The van der Waals surface area contributed by atoms with Gasteiger partial charge in [0.25, 0.3) is 0 Å². The Bertz CT molecular complexity index is 451. The van der Waals surface area contributed by atoms with E-state index in [9.17, 15) is 30.4 Å². The molecule has 0 unspecified atom stereocenters. The summed E-state index contributed by atoms with van der Waals surface area (Å²) in [4.78, 5) is 1.17. The highest BCUT2D eigenvalue weighted by Gasteiger charge is 2.67. The van der Waals surface area contributed by atoms with Gasteiger partial charge in [-0.25, -0.2) is 0 Å². The summed E-state index contributed by atoms with van der Waals surface area (Å²) in [6, 6.07) is 1.13. The zero-order valence-corrected chi connectivity index (χ0v) is 8.06. The van der Waals surface area contributed by atoms with E-state index in [1.165, 1.54) is 0 Å². The lowest BCUT2D eigenvalue weighted by molar-refractivity contribution is -0.241. The molecule has 0 radical (unpaired) electrons. The van der Waals surface area contributed by atoms with E-state index in [2.05, 4.69) is 5.10 Å². The fourth-order valence-electron chi connectivity index (χ4n) is 0.656. The molecule has 0 atom stereocenters. The van der Waals surface area contributed by atoms with Gasteiger partial charge < -0.3 is 0 Å². The summed E-state index contributed by atoms with van der Waals surface area (Å²) in [7, 11) is -5.95. The Labute approximate surface area is 85.9 Å². The van der Waals surface area contributed by atoms with Crippen molar-refractivity contribution in [1.82, 2.24) is 9.89 Å². The summed E-state index contributed by atoms with van der Waals surface area (Å²) >= 11 is 0. The molecule has 0 spiro atoms. The average Bonchev–Trinajstić information content (AvgIpc) is 2.53. The van der Waals surface area contributed by atoms with Crippen molar-refractivity contribution < 1.29 is 30.4 Å². The first-order valence-corrected chi connectivity index (χ1v) is 5.03. The van der Waals surface area contributed by atoms with Gasteiger partial charge in [-0.3, -0.25) is 0 Å². The van der Waals surface area contributed by atoms with Crippen molar-refractivity contribution in [2.45, 2.75) is 11.4 Å².